The second-order valence-corrected chi connectivity index (χ2v) is 0.816. The van der Waals surface area contributed by atoms with Gasteiger partial charge in [0, 0.05) is 0 Å². The van der Waals surface area contributed by atoms with E-state index >= 15 is 0 Å². The van der Waals surface area contributed by atoms with Crippen molar-refractivity contribution in [2.24, 2.45) is 0 Å². The maximum absolute atomic E-state index is 2.94. The first-order valence-electron chi connectivity index (χ1n) is 2.07. The van der Waals surface area contributed by atoms with Gasteiger partial charge in [-0.25, -0.2) is 0 Å². The van der Waals surface area contributed by atoms with Crippen molar-refractivity contribution in [3.05, 3.63) is 6.42 Å². The van der Waals surface area contributed by atoms with Crippen molar-refractivity contribution in [2.45, 2.75) is 20.3 Å². The molecule has 0 saturated heterocycles. The van der Waals surface area contributed by atoms with Crippen molar-refractivity contribution in [3.63, 3.8) is 0 Å². The second kappa shape index (κ2) is 16.5. The Morgan fingerprint density at radius 1 is 1.67 bits per heavy atom. The average molecular weight is 144 g/mol. The standard InChI is InChI=1S/C4H9.BrH.Li/c1-3-4-2;;/h3H,4H2,1-2H3;1H;/q;;+1/p-1. The van der Waals surface area contributed by atoms with Crippen LogP contribution >= 0.6 is 13.7 Å². The molecule has 33 valence electrons. The molecule has 0 heterocycles. The van der Waals surface area contributed by atoms with E-state index in [2.05, 4.69) is 34.0 Å². The maximum atomic E-state index is 2.94. The van der Waals surface area contributed by atoms with Crippen molar-refractivity contribution < 1.29 is 0 Å². The van der Waals surface area contributed by atoms with Crippen molar-refractivity contribution in [1.82, 2.24) is 0 Å². The Morgan fingerprint density at radius 3 is 1.83 bits per heavy atom. The minimum atomic E-state index is 1.19. The van der Waals surface area contributed by atoms with E-state index in [1.54, 1.807) is 0 Å². The quantitative estimate of drug-likeness (QED) is 0.494. The summed E-state index contributed by atoms with van der Waals surface area (Å²) in [5.41, 5.74) is 0. The third-order valence-corrected chi connectivity index (χ3v) is 0.408. The summed E-state index contributed by atoms with van der Waals surface area (Å²) in [5, 5.41) is 0. The zero-order valence-corrected chi connectivity index (χ0v) is 6.25. The topological polar surface area (TPSA) is 0 Å². The van der Waals surface area contributed by atoms with Crippen LogP contribution in [-0.2, 0) is 0 Å². The zero-order valence-electron chi connectivity index (χ0n) is 4.66. The summed E-state index contributed by atoms with van der Waals surface area (Å²) < 4.78 is 0. The molecule has 0 saturated carbocycles. The first kappa shape index (κ1) is 10.1. The molecule has 0 aliphatic carbocycles. The van der Waals surface area contributed by atoms with E-state index in [4.69, 9.17) is 0 Å². The number of rotatable bonds is 1. The average Bonchev–Trinajstić information content (AvgIpc) is 1.72. The summed E-state index contributed by atoms with van der Waals surface area (Å²) in [6, 6.07) is 0. The monoisotopic (exact) mass is 143 g/mol. The molecule has 0 unspecified atom stereocenters. The Balaban J connectivity index is 0. The van der Waals surface area contributed by atoms with Gasteiger partial charge in [0.1, 0.15) is 0 Å². The minimum absolute atomic E-state index is 1.19. The van der Waals surface area contributed by atoms with E-state index in [1.807, 2.05) is 15.8 Å². The van der Waals surface area contributed by atoms with E-state index in [-0.39, 0.29) is 0 Å². The summed E-state index contributed by atoms with van der Waals surface area (Å²) in [5.74, 6) is 0. The van der Waals surface area contributed by atoms with Gasteiger partial charge >= 0.3 is 29.5 Å². The molecule has 0 aromatic carbocycles. The van der Waals surface area contributed by atoms with Crippen LogP contribution in [0.25, 0.3) is 0 Å². The fourth-order valence-electron chi connectivity index (χ4n) is 0. The molecular weight excluding hydrogens is 135 g/mol. The normalized spacial score (nSPS) is 6.17. The molecule has 0 bridgehead atoms. The molecule has 0 fully saturated rings. The summed E-state index contributed by atoms with van der Waals surface area (Å²) in [6.45, 7) is 4.18. The molecule has 6 heavy (non-hydrogen) atoms. The first-order valence-corrected chi connectivity index (χ1v) is 3.66. The predicted octanol–water partition coefficient (Wildman–Crippen LogP) is 2.09. The van der Waals surface area contributed by atoms with E-state index in [1.165, 1.54) is 6.42 Å². The van der Waals surface area contributed by atoms with Crippen LogP contribution in [0.1, 0.15) is 20.3 Å². The molecule has 0 aliphatic heterocycles. The molecule has 2 heteroatoms. The fourth-order valence-corrected chi connectivity index (χ4v) is 0. The van der Waals surface area contributed by atoms with Gasteiger partial charge in [0.15, 0.2) is 0 Å². The molecule has 0 atom stereocenters. The zero-order chi connectivity index (χ0) is 5.41. The van der Waals surface area contributed by atoms with Gasteiger partial charge in [-0.2, -0.15) is 0 Å². The van der Waals surface area contributed by atoms with Crippen LogP contribution in [0.15, 0.2) is 0 Å². The van der Waals surface area contributed by atoms with Crippen LogP contribution in [0, 0.1) is 6.42 Å². The van der Waals surface area contributed by atoms with Gasteiger partial charge in [0.25, 0.3) is 0 Å². The first-order chi connectivity index (χ1) is 2.91. The predicted molar refractivity (Wildman–Crippen MR) is 34.9 cm³/mol. The van der Waals surface area contributed by atoms with Crippen LogP contribution in [0.3, 0.4) is 0 Å². The van der Waals surface area contributed by atoms with Crippen LogP contribution in [0.4, 0.5) is 0 Å². The fraction of sp³-hybridized carbons (Fsp3) is 0.750. The van der Waals surface area contributed by atoms with Gasteiger partial charge in [-0.05, 0) is 6.42 Å². The number of unbranched alkanes of at least 4 members (excludes halogenated alkanes) is 1. The Kier molecular flexibility index (Phi) is 28.0. The van der Waals surface area contributed by atoms with Crippen molar-refractivity contribution >= 4 is 29.5 Å². The van der Waals surface area contributed by atoms with E-state index in [9.17, 15) is 0 Å². The van der Waals surface area contributed by atoms with Gasteiger partial charge in [-0.1, -0.05) is 20.3 Å². The van der Waals surface area contributed by atoms with Gasteiger partial charge in [-0.3, -0.25) is 0 Å². The summed E-state index contributed by atoms with van der Waals surface area (Å²) >= 11 is 4.75. The molecule has 0 rings (SSSR count). The second-order valence-electron chi connectivity index (χ2n) is 0.816. The Hall–Kier alpha value is 1.08. The molecule has 0 spiro atoms. The van der Waals surface area contributed by atoms with Crippen LogP contribution in [0.5, 0.6) is 0 Å². The van der Waals surface area contributed by atoms with Gasteiger partial charge < -0.3 is 0 Å². The van der Waals surface area contributed by atoms with Crippen LogP contribution in [-0.4, -0.2) is 15.8 Å². The third kappa shape index (κ3) is 19.6. The van der Waals surface area contributed by atoms with Crippen LogP contribution in [0.2, 0.25) is 0 Å². The SMILES string of the molecule is C[CH]CC.[Li][Br]. The third-order valence-electron chi connectivity index (χ3n) is 0.408. The summed E-state index contributed by atoms with van der Waals surface area (Å²) in [7, 11) is 0. The van der Waals surface area contributed by atoms with E-state index in [0.29, 0.717) is 0 Å². The molecule has 0 aromatic heterocycles. The van der Waals surface area contributed by atoms with Gasteiger partial charge in [0.05, 0.1) is 0 Å². The molecule has 0 aromatic rings. The molecule has 0 amide bonds. The summed E-state index contributed by atoms with van der Waals surface area (Å²) in [6.07, 6.45) is 3.32. The van der Waals surface area contributed by atoms with Crippen molar-refractivity contribution in [1.29, 1.82) is 0 Å². The van der Waals surface area contributed by atoms with Gasteiger partial charge in [0.2, 0.25) is 0 Å². The van der Waals surface area contributed by atoms with Crippen molar-refractivity contribution in [3.8, 4) is 0 Å². The molecule has 1 radical (unpaired) electrons. The molecule has 0 nitrogen and oxygen atoms in total. The number of halogens is 1. The summed E-state index contributed by atoms with van der Waals surface area (Å²) in [4.78, 5) is 0. The van der Waals surface area contributed by atoms with Crippen molar-refractivity contribution in [2.75, 3.05) is 0 Å². The van der Waals surface area contributed by atoms with E-state index < -0.39 is 0 Å². The molecular formula is C4H9BrLi. The Morgan fingerprint density at radius 2 is 1.83 bits per heavy atom. The Bertz CT molecular complexity index is 9.51. The number of hydrogen-bond acceptors (Lipinski definition) is 0. The van der Waals surface area contributed by atoms with Gasteiger partial charge in [-0.15, -0.1) is 0 Å². The molecule has 0 aliphatic rings. The van der Waals surface area contributed by atoms with E-state index in [0.717, 1.165) is 0 Å². The number of hydrogen-bond donors (Lipinski definition) is 0. The molecule has 0 N–H and O–H groups in total. The van der Waals surface area contributed by atoms with Crippen LogP contribution < -0.4 is 0 Å². The Labute approximate surface area is 56.3 Å².